The van der Waals surface area contributed by atoms with Crippen molar-refractivity contribution >= 4 is 48.5 Å². The van der Waals surface area contributed by atoms with Gasteiger partial charge in [0, 0.05) is 10.8 Å². The molecule has 0 aliphatic carbocycles. The molecule has 2 nitrogen and oxygen atoms in total. The normalized spacial score (nSPS) is 13.1. The molecule has 208 valence electrons. The molecule has 0 saturated carbocycles. The van der Waals surface area contributed by atoms with Crippen molar-refractivity contribution in [2.45, 2.75) is 116 Å². The van der Waals surface area contributed by atoms with Crippen LogP contribution in [0.15, 0.2) is 69.9 Å². The van der Waals surface area contributed by atoms with Crippen LogP contribution in [-0.4, -0.2) is 16.1 Å². The Morgan fingerprint density at radius 2 is 0.684 bits per heavy atom. The van der Waals surface area contributed by atoms with Crippen LogP contribution in [0.3, 0.4) is 0 Å². The minimum Gasteiger partial charge on any atom is -0.464 e. The molecular formula is C34H52O2Si2. The minimum atomic E-state index is -1.61. The molecule has 0 unspecified atom stereocenters. The van der Waals surface area contributed by atoms with E-state index in [1.54, 1.807) is 0 Å². The average Bonchev–Trinajstić information content (AvgIpc) is 3.45. The third-order valence-corrected chi connectivity index (χ3v) is 23.7. The van der Waals surface area contributed by atoms with Gasteiger partial charge in [0.25, 0.3) is 0 Å². The molecule has 4 aromatic rings. The van der Waals surface area contributed by atoms with Gasteiger partial charge in [-0.1, -0.05) is 119 Å². The second kappa shape index (κ2) is 12.0. The fourth-order valence-corrected chi connectivity index (χ4v) is 22.1. The van der Waals surface area contributed by atoms with Crippen molar-refractivity contribution < 1.29 is 8.83 Å². The van der Waals surface area contributed by atoms with Crippen LogP contribution in [0.5, 0.6) is 0 Å². The Balaban J connectivity index is 0.000000211. The summed E-state index contributed by atoms with van der Waals surface area (Å²) in [5.74, 6) is 0. The van der Waals surface area contributed by atoms with Gasteiger partial charge >= 0.3 is 0 Å². The molecule has 4 heteroatoms. The molecule has 2 aromatic heterocycles. The summed E-state index contributed by atoms with van der Waals surface area (Å²) in [6.07, 6.45) is 4.10. The number of benzene rings is 2. The molecule has 38 heavy (non-hydrogen) atoms. The summed E-state index contributed by atoms with van der Waals surface area (Å²) in [4.78, 5) is 0. The van der Waals surface area contributed by atoms with Crippen molar-refractivity contribution in [2.75, 3.05) is 0 Å². The summed E-state index contributed by atoms with van der Waals surface area (Å²) >= 11 is 0. The predicted octanol–water partition coefficient (Wildman–Crippen LogP) is 10.6. The van der Waals surface area contributed by atoms with Crippen LogP contribution in [0.1, 0.15) is 83.1 Å². The van der Waals surface area contributed by atoms with Gasteiger partial charge in [-0.25, -0.2) is 0 Å². The zero-order valence-electron chi connectivity index (χ0n) is 26.1. The van der Waals surface area contributed by atoms with E-state index in [9.17, 15) is 0 Å². The second-order valence-electron chi connectivity index (χ2n) is 13.1. The molecule has 0 bridgehead atoms. The molecule has 0 amide bonds. The van der Waals surface area contributed by atoms with Gasteiger partial charge in [0.15, 0.2) is 0 Å². The van der Waals surface area contributed by atoms with E-state index in [1.165, 1.54) is 21.1 Å². The third kappa shape index (κ3) is 4.99. The maximum atomic E-state index is 5.84. The van der Waals surface area contributed by atoms with Gasteiger partial charge in [-0.3, -0.25) is 0 Å². The zero-order valence-corrected chi connectivity index (χ0v) is 28.1. The topological polar surface area (TPSA) is 26.3 Å². The van der Waals surface area contributed by atoms with Gasteiger partial charge in [0.2, 0.25) is 0 Å². The first-order chi connectivity index (χ1) is 17.8. The maximum Gasteiger partial charge on any atom is 0.133 e. The van der Waals surface area contributed by atoms with Crippen molar-refractivity contribution in [2.24, 2.45) is 0 Å². The molecule has 2 heterocycles. The summed E-state index contributed by atoms with van der Waals surface area (Å²) in [5.41, 5.74) is 6.37. The summed E-state index contributed by atoms with van der Waals surface area (Å²) < 4.78 is 11.7. The van der Waals surface area contributed by atoms with Crippen molar-refractivity contribution in [3.05, 3.63) is 61.1 Å². The van der Waals surface area contributed by atoms with Crippen LogP contribution in [-0.2, 0) is 0 Å². The summed E-state index contributed by atoms with van der Waals surface area (Å²) in [6.45, 7) is 28.8. The van der Waals surface area contributed by atoms with E-state index in [0.29, 0.717) is 33.2 Å². The van der Waals surface area contributed by atoms with Crippen LogP contribution in [0.4, 0.5) is 0 Å². The van der Waals surface area contributed by atoms with Crippen molar-refractivity contribution in [1.29, 1.82) is 0 Å². The van der Waals surface area contributed by atoms with Crippen molar-refractivity contribution in [1.82, 2.24) is 0 Å². The van der Waals surface area contributed by atoms with Crippen molar-refractivity contribution in [3.63, 3.8) is 0 Å². The van der Waals surface area contributed by atoms with E-state index in [4.69, 9.17) is 8.83 Å². The molecule has 0 atom stereocenters. The zero-order chi connectivity index (χ0) is 28.4. The highest BCUT2D eigenvalue weighted by Gasteiger charge is 2.47. The largest absolute Gasteiger partial charge is 0.464 e. The Bertz CT molecular complexity index is 1160. The van der Waals surface area contributed by atoms with Crippen LogP contribution in [0.25, 0.3) is 21.9 Å². The molecule has 0 N–H and O–H groups in total. The third-order valence-electron chi connectivity index (χ3n) is 9.63. The Morgan fingerprint density at radius 1 is 0.421 bits per heavy atom. The van der Waals surface area contributed by atoms with Gasteiger partial charge in [-0.05, 0) is 55.8 Å². The number of hydrogen-bond donors (Lipinski definition) is 0. The molecule has 0 radical (unpaired) electrons. The average molecular weight is 549 g/mol. The van der Waals surface area contributed by atoms with Crippen LogP contribution < -0.4 is 10.4 Å². The molecule has 2 aromatic carbocycles. The number of rotatable bonds is 8. The predicted molar refractivity (Wildman–Crippen MR) is 174 cm³/mol. The molecule has 0 spiro atoms. The van der Waals surface area contributed by atoms with E-state index in [2.05, 4.69) is 144 Å². The highest BCUT2D eigenvalue weighted by Crippen LogP contribution is 2.43. The number of furan rings is 2. The van der Waals surface area contributed by atoms with Gasteiger partial charge in [0.05, 0.1) is 28.7 Å². The highest BCUT2D eigenvalue weighted by atomic mass is 28.3. The van der Waals surface area contributed by atoms with E-state index in [1.807, 2.05) is 0 Å². The lowest BCUT2D eigenvalue weighted by Gasteiger charge is -2.42. The lowest BCUT2D eigenvalue weighted by atomic mass is 10.3. The molecular weight excluding hydrogens is 497 g/mol. The minimum absolute atomic E-state index is 0.716. The highest BCUT2D eigenvalue weighted by molar-refractivity contribution is 6.97. The smallest absolute Gasteiger partial charge is 0.133 e. The Labute approximate surface area is 234 Å². The Hall–Kier alpha value is -2.05. The fraction of sp³-hybridized carbons (Fsp3) is 0.529. The number of fused-ring (bicyclic) bond motifs is 2. The van der Waals surface area contributed by atoms with E-state index in [-0.39, 0.29) is 0 Å². The van der Waals surface area contributed by atoms with E-state index < -0.39 is 16.1 Å². The van der Waals surface area contributed by atoms with Gasteiger partial charge in [-0.15, -0.1) is 0 Å². The molecule has 0 aliphatic heterocycles. The van der Waals surface area contributed by atoms with Crippen LogP contribution >= 0.6 is 0 Å². The van der Waals surface area contributed by atoms with Crippen molar-refractivity contribution in [3.8, 4) is 0 Å². The monoisotopic (exact) mass is 548 g/mol. The summed E-state index contributed by atoms with van der Waals surface area (Å²) in [6, 6.07) is 17.0. The first-order valence-electron chi connectivity index (χ1n) is 14.8. The lowest BCUT2D eigenvalue weighted by Crippen LogP contribution is -2.55. The van der Waals surface area contributed by atoms with Gasteiger partial charge < -0.3 is 8.83 Å². The summed E-state index contributed by atoms with van der Waals surface area (Å²) in [5, 5.41) is 5.71. The molecule has 4 rings (SSSR count). The lowest BCUT2D eigenvalue weighted by molar-refractivity contribution is 0.617. The van der Waals surface area contributed by atoms with E-state index >= 15 is 0 Å². The number of hydrogen-bond acceptors (Lipinski definition) is 2. The molecule has 0 fully saturated rings. The molecule has 0 saturated heterocycles. The van der Waals surface area contributed by atoms with Gasteiger partial charge in [0.1, 0.15) is 11.2 Å². The number of para-hydroxylation sites is 2. The first kappa shape index (κ1) is 30.5. The second-order valence-corrected chi connectivity index (χ2v) is 24.8. The quantitative estimate of drug-likeness (QED) is 0.205. The Kier molecular flexibility index (Phi) is 9.63. The fourth-order valence-electron chi connectivity index (χ4n) is 8.49. The molecule has 0 aliphatic rings. The summed E-state index contributed by atoms with van der Waals surface area (Å²) in [7, 11) is -3.22. The van der Waals surface area contributed by atoms with Gasteiger partial charge in [-0.2, -0.15) is 0 Å². The van der Waals surface area contributed by atoms with Crippen LogP contribution in [0, 0.1) is 0 Å². The Morgan fingerprint density at radius 3 is 0.947 bits per heavy atom. The van der Waals surface area contributed by atoms with E-state index in [0.717, 1.165) is 11.2 Å². The maximum absolute atomic E-state index is 5.84. The van der Waals surface area contributed by atoms with Crippen LogP contribution in [0.2, 0.25) is 33.2 Å². The first-order valence-corrected chi connectivity index (χ1v) is 19.2. The SMILES string of the molecule is CC(C)[Si](c1coc2ccccc12)(C(C)C)C(C)C.CC(C)[Si](c1coc2ccccc12)(C(C)C)C(C)C. The standard InChI is InChI=1S/2C17H26OSi/c2*1-12(2)19(13(3)4,14(5)6)17-11-18-16-10-8-7-9-15(16)17/h2*7-14H,1-6H3.